The fraction of sp³-hybridized carbons (Fsp3) is 0.211. The van der Waals surface area contributed by atoms with E-state index in [2.05, 4.69) is 9.97 Å². The first-order valence-corrected chi connectivity index (χ1v) is 7.48. The number of nitrogens with zero attached hydrogens (tertiary/aromatic N) is 1. The predicted octanol–water partition coefficient (Wildman–Crippen LogP) is 2.32. The minimum absolute atomic E-state index is 0.252. The Morgan fingerprint density at radius 3 is 3.04 bits per heavy atom. The second-order valence-electron chi connectivity index (χ2n) is 5.25. The van der Waals surface area contributed by atoms with Crippen LogP contribution in [0, 0.1) is 0 Å². The molecule has 0 fully saturated rings. The molecule has 0 radical (unpaired) electrons. The maximum Gasteiger partial charge on any atom is 0.263 e. The van der Waals surface area contributed by atoms with Crippen LogP contribution in [0.5, 0.6) is 5.75 Å². The predicted molar refractivity (Wildman–Crippen MR) is 101 cm³/mol. The third-order valence-electron chi connectivity index (χ3n) is 3.85. The van der Waals surface area contributed by atoms with Crippen molar-refractivity contribution in [2.24, 2.45) is 0 Å². The Morgan fingerprint density at radius 2 is 2.27 bits per heavy atom. The fourth-order valence-corrected chi connectivity index (χ4v) is 2.71. The van der Waals surface area contributed by atoms with Gasteiger partial charge in [-0.3, -0.25) is 14.6 Å². The van der Waals surface area contributed by atoms with Crippen molar-refractivity contribution in [3.8, 4) is 16.9 Å². The van der Waals surface area contributed by atoms with Crippen molar-refractivity contribution >= 4 is 22.5 Å². The standard InChI is InChI=1S/C19H20N4O3/c1-3-8-22-18(24)15-16(20)12-6-4-5-11(17(12)23-19(15)25)13-10-21-9-7-14(13)26-2/h4-7,9-10H,3,8H2,1-2H3,(H,22,24)(H3,20,23,25)/i1D3,3D2,8D2. The first-order chi connectivity index (χ1) is 15.2. The van der Waals surface area contributed by atoms with E-state index in [1.165, 1.54) is 25.6 Å². The smallest absolute Gasteiger partial charge is 0.263 e. The summed E-state index contributed by atoms with van der Waals surface area (Å²) in [6.45, 7) is -6.73. The average Bonchev–Trinajstić information content (AvgIpc) is 2.72. The van der Waals surface area contributed by atoms with Crippen molar-refractivity contribution in [3.05, 3.63) is 52.6 Å². The van der Waals surface area contributed by atoms with Crippen molar-refractivity contribution in [3.63, 3.8) is 0 Å². The Balaban J connectivity index is 2.14. The summed E-state index contributed by atoms with van der Waals surface area (Å²) in [5.74, 6) is -0.892. The average molecular weight is 359 g/mol. The van der Waals surface area contributed by atoms with Gasteiger partial charge in [-0.1, -0.05) is 25.1 Å². The largest absolute Gasteiger partial charge is 0.496 e. The highest BCUT2D eigenvalue weighted by atomic mass is 16.5. The van der Waals surface area contributed by atoms with Gasteiger partial charge in [-0.2, -0.15) is 0 Å². The summed E-state index contributed by atoms with van der Waals surface area (Å²) in [5.41, 5.74) is 5.47. The maximum atomic E-state index is 12.8. The lowest BCUT2D eigenvalue weighted by atomic mass is 10.0. The van der Waals surface area contributed by atoms with E-state index in [4.69, 9.17) is 20.1 Å². The number of amides is 1. The fourth-order valence-electron chi connectivity index (χ4n) is 2.71. The number of carbonyl (C=O) groups excluding carboxylic acids is 1. The minimum Gasteiger partial charge on any atom is -0.496 e. The molecule has 0 aliphatic rings. The lowest BCUT2D eigenvalue weighted by Gasteiger charge is -2.13. The van der Waals surface area contributed by atoms with Crippen LogP contribution < -0.4 is 21.3 Å². The van der Waals surface area contributed by atoms with Crippen molar-refractivity contribution in [1.82, 2.24) is 15.3 Å². The molecular formula is C19H20N4O3. The van der Waals surface area contributed by atoms with Gasteiger partial charge in [-0.05, 0) is 12.4 Å². The third kappa shape index (κ3) is 2.99. The number of carbonyl (C=O) groups is 1. The molecule has 0 aliphatic carbocycles. The summed E-state index contributed by atoms with van der Waals surface area (Å²) < 4.78 is 57.8. The zero-order valence-electron chi connectivity index (χ0n) is 20.7. The van der Waals surface area contributed by atoms with Gasteiger partial charge in [0, 0.05) is 45.0 Å². The number of rotatable bonds is 5. The zero-order valence-corrected chi connectivity index (χ0v) is 13.7. The van der Waals surface area contributed by atoms with Crippen molar-refractivity contribution < 1.29 is 19.1 Å². The van der Waals surface area contributed by atoms with Crippen LogP contribution in [-0.4, -0.2) is 29.5 Å². The van der Waals surface area contributed by atoms with Gasteiger partial charge in [0.2, 0.25) is 0 Å². The second-order valence-corrected chi connectivity index (χ2v) is 5.25. The number of fused-ring (bicyclic) bond motifs is 1. The van der Waals surface area contributed by atoms with Crippen molar-refractivity contribution in [1.29, 1.82) is 0 Å². The highest BCUT2D eigenvalue weighted by Crippen LogP contribution is 2.34. The summed E-state index contributed by atoms with van der Waals surface area (Å²) in [5, 5.41) is 1.91. The van der Waals surface area contributed by atoms with Crippen molar-refractivity contribution in [2.45, 2.75) is 13.2 Å². The summed E-state index contributed by atoms with van der Waals surface area (Å²) in [4.78, 5) is 32.1. The Kier molecular flexibility index (Phi) is 2.96. The first kappa shape index (κ1) is 10.6. The molecule has 0 saturated carbocycles. The van der Waals surface area contributed by atoms with Crippen LogP contribution in [0.25, 0.3) is 22.0 Å². The lowest BCUT2D eigenvalue weighted by molar-refractivity contribution is 0.0953. The number of aromatic nitrogens is 2. The molecular weight excluding hydrogens is 332 g/mol. The van der Waals surface area contributed by atoms with E-state index in [1.54, 1.807) is 23.5 Å². The molecule has 2 heterocycles. The molecule has 0 aliphatic heterocycles. The molecule has 1 amide bonds. The molecule has 0 unspecified atom stereocenters. The van der Waals surface area contributed by atoms with E-state index < -0.39 is 36.8 Å². The Morgan fingerprint density at radius 1 is 1.42 bits per heavy atom. The second kappa shape index (κ2) is 7.26. The molecule has 1 aromatic carbocycles. The maximum absolute atomic E-state index is 12.8. The number of benzene rings is 1. The number of nitrogen functional groups attached to an aromatic ring is 1. The third-order valence-corrected chi connectivity index (χ3v) is 3.85. The van der Waals surface area contributed by atoms with Gasteiger partial charge in [0.1, 0.15) is 11.3 Å². The zero-order chi connectivity index (χ0) is 24.8. The van der Waals surface area contributed by atoms with Gasteiger partial charge < -0.3 is 20.8 Å². The quantitative estimate of drug-likeness (QED) is 0.647. The molecule has 134 valence electrons. The van der Waals surface area contributed by atoms with Gasteiger partial charge in [-0.15, -0.1) is 0 Å². The van der Waals surface area contributed by atoms with Gasteiger partial charge in [0.05, 0.1) is 18.3 Å². The lowest BCUT2D eigenvalue weighted by Crippen LogP contribution is -2.31. The Hall–Kier alpha value is -3.35. The molecule has 0 atom stereocenters. The van der Waals surface area contributed by atoms with Crippen LogP contribution in [-0.2, 0) is 0 Å². The number of ether oxygens (including phenoxy) is 1. The van der Waals surface area contributed by atoms with E-state index in [-0.39, 0.29) is 16.6 Å². The van der Waals surface area contributed by atoms with Gasteiger partial charge in [0.15, 0.2) is 0 Å². The number of nitrogens with one attached hydrogen (secondary N) is 2. The van der Waals surface area contributed by atoms with Gasteiger partial charge in [-0.25, -0.2) is 0 Å². The summed E-state index contributed by atoms with van der Waals surface area (Å²) >= 11 is 0. The van der Waals surface area contributed by atoms with E-state index in [9.17, 15) is 9.59 Å². The SMILES string of the molecule is [2H]C([2H])([2H])C([2H])([2H])C([2H])([2H])NC(=O)c1c(N)c2cccc(-c3cnccc3OC)c2[nH]c1=O. The minimum atomic E-state index is -3.45. The molecule has 2 aromatic heterocycles. The number of pyridine rings is 2. The number of methoxy groups -OCH3 is 1. The molecule has 7 heteroatoms. The van der Waals surface area contributed by atoms with E-state index >= 15 is 0 Å². The number of nitrogens with two attached hydrogens (primary N) is 1. The molecule has 26 heavy (non-hydrogen) atoms. The van der Waals surface area contributed by atoms with Gasteiger partial charge >= 0.3 is 0 Å². The number of para-hydroxylation sites is 1. The normalized spacial score (nSPS) is 16.3. The number of hydrogen-bond donors (Lipinski definition) is 3. The molecule has 0 saturated heterocycles. The van der Waals surface area contributed by atoms with Crippen LogP contribution in [0.1, 0.15) is 33.2 Å². The number of anilines is 1. The summed E-state index contributed by atoms with van der Waals surface area (Å²) in [7, 11) is 1.47. The van der Waals surface area contributed by atoms with Crippen LogP contribution in [0.2, 0.25) is 0 Å². The summed E-state index contributed by atoms with van der Waals surface area (Å²) in [6, 6.07) is 6.45. The van der Waals surface area contributed by atoms with Crippen molar-refractivity contribution in [2.75, 3.05) is 19.3 Å². The Bertz CT molecular complexity index is 1290. The van der Waals surface area contributed by atoms with E-state index in [0.29, 0.717) is 16.9 Å². The van der Waals surface area contributed by atoms with E-state index in [0.717, 1.165) is 0 Å². The Labute approximate surface area is 160 Å². The number of hydrogen-bond acceptors (Lipinski definition) is 5. The number of H-pyrrole nitrogens is 1. The molecule has 0 bridgehead atoms. The van der Waals surface area contributed by atoms with Crippen LogP contribution in [0.15, 0.2) is 41.5 Å². The topological polar surface area (TPSA) is 110 Å². The van der Waals surface area contributed by atoms with Gasteiger partial charge in [0.25, 0.3) is 11.5 Å². The summed E-state index contributed by atoms with van der Waals surface area (Å²) in [6.07, 6.45) is -0.398. The molecule has 4 N–H and O–H groups in total. The monoisotopic (exact) mass is 359 g/mol. The molecule has 0 spiro atoms. The van der Waals surface area contributed by atoms with Crippen LogP contribution in [0.4, 0.5) is 5.69 Å². The van der Waals surface area contributed by atoms with Crippen LogP contribution in [0.3, 0.4) is 0 Å². The highest BCUT2D eigenvalue weighted by molar-refractivity contribution is 6.09. The molecule has 3 aromatic rings. The molecule has 7 nitrogen and oxygen atoms in total. The number of aromatic amines is 1. The van der Waals surface area contributed by atoms with E-state index in [1.807, 2.05) is 0 Å². The van der Waals surface area contributed by atoms with Crippen LogP contribution >= 0.6 is 0 Å². The highest BCUT2D eigenvalue weighted by Gasteiger charge is 2.19. The molecule has 3 rings (SSSR count). The first-order valence-electron chi connectivity index (χ1n) is 11.0.